The average molecular weight is 347 g/mol. The number of fused-ring (bicyclic) bond motifs is 1. The van der Waals surface area contributed by atoms with Crippen molar-refractivity contribution in [3.8, 4) is 0 Å². The normalized spacial score (nSPS) is 10.9. The van der Waals surface area contributed by atoms with E-state index >= 15 is 0 Å². The maximum absolute atomic E-state index is 13.5. The third-order valence-corrected chi connectivity index (χ3v) is 5.08. The fourth-order valence-electron chi connectivity index (χ4n) is 2.08. The molecule has 0 nitrogen and oxygen atoms in total. The zero-order valence-corrected chi connectivity index (χ0v) is 13.0. The highest BCUT2D eigenvalue weighted by molar-refractivity contribution is 9.10. The van der Waals surface area contributed by atoms with Crippen molar-refractivity contribution < 1.29 is 4.39 Å². The highest BCUT2D eigenvalue weighted by Gasteiger charge is 2.05. The summed E-state index contributed by atoms with van der Waals surface area (Å²) in [7, 11) is 0. The summed E-state index contributed by atoms with van der Waals surface area (Å²) < 4.78 is 14.0. The Kier molecular flexibility index (Phi) is 4.08. The minimum Gasteiger partial charge on any atom is -0.206 e. The van der Waals surface area contributed by atoms with Crippen molar-refractivity contribution in [2.45, 2.75) is 10.6 Å². The molecular formula is C17H12BrFS. The van der Waals surface area contributed by atoms with Gasteiger partial charge in [-0.2, -0.15) is 0 Å². The summed E-state index contributed by atoms with van der Waals surface area (Å²) in [5.74, 6) is 0.540. The fraction of sp³-hybridized carbons (Fsp3) is 0.0588. The number of hydrogen-bond donors (Lipinski definition) is 0. The van der Waals surface area contributed by atoms with Crippen molar-refractivity contribution in [1.29, 1.82) is 0 Å². The molecule has 0 saturated heterocycles. The van der Waals surface area contributed by atoms with Crippen LogP contribution in [0.4, 0.5) is 4.39 Å². The summed E-state index contributed by atoms with van der Waals surface area (Å²) in [5, 5.41) is 2.47. The fourth-order valence-corrected chi connectivity index (χ4v) is 3.61. The summed E-state index contributed by atoms with van der Waals surface area (Å²) in [6.45, 7) is 0. The summed E-state index contributed by atoms with van der Waals surface area (Å²) in [4.78, 5) is 1.19. The largest absolute Gasteiger partial charge is 0.206 e. The standard InChI is InChI=1S/C17H12BrFS/c18-17-14(6-3-7-16(17)19)11-20-15-9-8-12-4-1-2-5-13(12)10-15/h1-10H,11H2. The Hall–Kier alpha value is -1.32. The van der Waals surface area contributed by atoms with E-state index < -0.39 is 0 Å². The molecule has 0 spiro atoms. The van der Waals surface area contributed by atoms with E-state index in [-0.39, 0.29) is 5.82 Å². The van der Waals surface area contributed by atoms with Crippen LogP contribution >= 0.6 is 27.7 Å². The molecule has 3 aromatic carbocycles. The van der Waals surface area contributed by atoms with Gasteiger partial charge in [0.1, 0.15) is 5.82 Å². The van der Waals surface area contributed by atoms with Gasteiger partial charge in [0.15, 0.2) is 0 Å². The molecule has 3 heteroatoms. The minimum absolute atomic E-state index is 0.207. The van der Waals surface area contributed by atoms with Gasteiger partial charge in [-0.1, -0.05) is 42.5 Å². The van der Waals surface area contributed by atoms with Crippen LogP contribution in [0.2, 0.25) is 0 Å². The first-order valence-electron chi connectivity index (χ1n) is 6.28. The lowest BCUT2D eigenvalue weighted by atomic mass is 10.1. The van der Waals surface area contributed by atoms with E-state index in [0.717, 1.165) is 11.3 Å². The van der Waals surface area contributed by atoms with Gasteiger partial charge in [0.2, 0.25) is 0 Å². The third-order valence-electron chi connectivity index (χ3n) is 3.15. The topological polar surface area (TPSA) is 0 Å². The number of benzene rings is 3. The van der Waals surface area contributed by atoms with Crippen LogP contribution in [0.15, 0.2) is 70.0 Å². The van der Waals surface area contributed by atoms with E-state index in [9.17, 15) is 4.39 Å². The number of rotatable bonds is 3. The Labute approximate surface area is 130 Å². The third kappa shape index (κ3) is 2.89. The molecule has 100 valence electrons. The predicted molar refractivity (Wildman–Crippen MR) is 87.6 cm³/mol. The van der Waals surface area contributed by atoms with Gasteiger partial charge >= 0.3 is 0 Å². The van der Waals surface area contributed by atoms with Crippen LogP contribution in [-0.4, -0.2) is 0 Å². The van der Waals surface area contributed by atoms with Gasteiger partial charge in [0.25, 0.3) is 0 Å². The van der Waals surface area contributed by atoms with Gasteiger partial charge in [0, 0.05) is 10.6 Å². The van der Waals surface area contributed by atoms with E-state index in [1.807, 2.05) is 18.2 Å². The maximum Gasteiger partial charge on any atom is 0.137 e. The van der Waals surface area contributed by atoms with Gasteiger partial charge in [-0.05, 0) is 50.5 Å². The number of hydrogen-bond acceptors (Lipinski definition) is 1. The molecule has 20 heavy (non-hydrogen) atoms. The molecule has 0 aromatic heterocycles. The van der Waals surface area contributed by atoms with Crippen LogP contribution in [0.1, 0.15) is 5.56 Å². The molecule has 0 saturated carbocycles. The Morgan fingerprint density at radius 3 is 2.55 bits per heavy atom. The van der Waals surface area contributed by atoms with E-state index in [0.29, 0.717) is 4.47 Å². The Bertz CT molecular complexity index is 755. The highest BCUT2D eigenvalue weighted by atomic mass is 79.9. The zero-order chi connectivity index (χ0) is 13.9. The Balaban J connectivity index is 1.81. The van der Waals surface area contributed by atoms with Gasteiger partial charge in [0.05, 0.1) is 4.47 Å². The van der Waals surface area contributed by atoms with Crippen LogP contribution in [0, 0.1) is 5.82 Å². The SMILES string of the molecule is Fc1cccc(CSc2ccc3ccccc3c2)c1Br. The van der Waals surface area contributed by atoms with Crippen molar-refractivity contribution in [1.82, 2.24) is 0 Å². The second kappa shape index (κ2) is 5.98. The van der Waals surface area contributed by atoms with Gasteiger partial charge < -0.3 is 0 Å². The molecule has 3 aromatic rings. The van der Waals surface area contributed by atoms with E-state index in [1.54, 1.807) is 17.8 Å². The Morgan fingerprint density at radius 2 is 1.70 bits per heavy atom. The molecular weight excluding hydrogens is 335 g/mol. The van der Waals surface area contributed by atoms with Crippen LogP contribution in [0.3, 0.4) is 0 Å². The lowest BCUT2D eigenvalue weighted by Crippen LogP contribution is -1.86. The Morgan fingerprint density at radius 1 is 0.900 bits per heavy atom. The van der Waals surface area contributed by atoms with Crippen LogP contribution in [0.25, 0.3) is 10.8 Å². The smallest absolute Gasteiger partial charge is 0.137 e. The molecule has 0 radical (unpaired) electrons. The van der Waals surface area contributed by atoms with Crippen molar-refractivity contribution in [3.05, 3.63) is 76.5 Å². The number of thioether (sulfide) groups is 1. The molecule has 0 bridgehead atoms. The summed E-state index contributed by atoms with van der Waals surface area (Å²) in [6, 6.07) is 19.9. The molecule has 0 amide bonds. The molecule has 0 N–H and O–H groups in total. The zero-order valence-electron chi connectivity index (χ0n) is 10.6. The van der Waals surface area contributed by atoms with Crippen LogP contribution in [0.5, 0.6) is 0 Å². The second-order valence-electron chi connectivity index (χ2n) is 4.51. The lowest BCUT2D eigenvalue weighted by Gasteiger charge is -2.06. The van der Waals surface area contributed by atoms with E-state index in [1.165, 1.54) is 21.7 Å². The molecule has 0 aliphatic carbocycles. The van der Waals surface area contributed by atoms with Gasteiger partial charge in [-0.3, -0.25) is 0 Å². The van der Waals surface area contributed by atoms with Crippen molar-refractivity contribution in [2.75, 3.05) is 0 Å². The maximum atomic E-state index is 13.5. The molecule has 0 heterocycles. The van der Waals surface area contributed by atoms with E-state index in [2.05, 4.69) is 46.3 Å². The van der Waals surface area contributed by atoms with Gasteiger partial charge in [-0.25, -0.2) is 4.39 Å². The monoisotopic (exact) mass is 346 g/mol. The van der Waals surface area contributed by atoms with E-state index in [4.69, 9.17) is 0 Å². The highest BCUT2D eigenvalue weighted by Crippen LogP contribution is 2.30. The summed E-state index contributed by atoms with van der Waals surface area (Å²) in [6.07, 6.45) is 0. The first kappa shape index (κ1) is 13.7. The number of halogens is 2. The molecule has 0 aliphatic rings. The summed E-state index contributed by atoms with van der Waals surface area (Å²) >= 11 is 5.02. The molecule has 0 aliphatic heterocycles. The quantitative estimate of drug-likeness (QED) is 0.521. The summed E-state index contributed by atoms with van der Waals surface area (Å²) in [5.41, 5.74) is 0.975. The van der Waals surface area contributed by atoms with Crippen molar-refractivity contribution in [2.24, 2.45) is 0 Å². The average Bonchev–Trinajstić information content (AvgIpc) is 2.48. The van der Waals surface area contributed by atoms with Crippen LogP contribution < -0.4 is 0 Å². The lowest BCUT2D eigenvalue weighted by molar-refractivity contribution is 0.619. The second-order valence-corrected chi connectivity index (χ2v) is 6.35. The molecule has 0 unspecified atom stereocenters. The van der Waals surface area contributed by atoms with Crippen molar-refractivity contribution in [3.63, 3.8) is 0 Å². The molecule has 0 atom stereocenters. The molecule has 3 rings (SSSR count). The predicted octanol–water partition coefficient (Wildman–Crippen LogP) is 6.03. The first-order valence-corrected chi connectivity index (χ1v) is 8.06. The van der Waals surface area contributed by atoms with Crippen LogP contribution in [-0.2, 0) is 5.75 Å². The van der Waals surface area contributed by atoms with Crippen molar-refractivity contribution >= 4 is 38.5 Å². The minimum atomic E-state index is -0.207. The molecule has 0 fully saturated rings. The first-order chi connectivity index (χ1) is 9.74. The van der Waals surface area contributed by atoms with Gasteiger partial charge in [-0.15, -0.1) is 11.8 Å².